The minimum Gasteiger partial charge on any atom is -0.458 e. The van der Waals surface area contributed by atoms with Crippen molar-refractivity contribution >= 4 is 18.2 Å². The van der Waals surface area contributed by atoms with Gasteiger partial charge in [0.25, 0.3) is 0 Å². The molecule has 0 bridgehead atoms. The van der Waals surface area contributed by atoms with Gasteiger partial charge < -0.3 is 4.74 Å². The molecule has 0 radical (unpaired) electrons. The van der Waals surface area contributed by atoms with Crippen molar-refractivity contribution < 1.29 is 4.74 Å². The Kier molecular flexibility index (Phi) is 0.837. The second kappa shape index (κ2) is 1.34. The Morgan fingerprint density at radius 3 is 3.00 bits per heavy atom. The fourth-order valence-electron chi connectivity index (χ4n) is 0.213. The molecule has 0 aromatic rings. The summed E-state index contributed by atoms with van der Waals surface area (Å²) in [6.07, 6.45) is 1.30. The summed E-state index contributed by atoms with van der Waals surface area (Å²) in [6, 6.07) is 0. The van der Waals surface area contributed by atoms with Gasteiger partial charge in [0.2, 0.25) is 0 Å². The SMILES string of the molecule is ClN1COC=N1. The molecule has 1 aliphatic rings. The highest BCUT2D eigenvalue weighted by molar-refractivity contribution is 6.13. The van der Waals surface area contributed by atoms with Gasteiger partial charge in [0, 0.05) is 11.8 Å². The van der Waals surface area contributed by atoms with Gasteiger partial charge in [-0.25, -0.2) is 0 Å². The van der Waals surface area contributed by atoms with Gasteiger partial charge in [0.1, 0.15) is 0 Å². The summed E-state index contributed by atoms with van der Waals surface area (Å²) in [5.74, 6) is 0. The lowest BCUT2D eigenvalue weighted by Gasteiger charge is -1.93. The molecule has 6 heavy (non-hydrogen) atoms. The van der Waals surface area contributed by atoms with Gasteiger partial charge in [-0.15, -0.1) is 5.10 Å². The van der Waals surface area contributed by atoms with Gasteiger partial charge in [0.05, 0.1) is 0 Å². The number of ether oxygens (including phenoxy) is 1. The van der Waals surface area contributed by atoms with E-state index in [1.165, 1.54) is 10.9 Å². The van der Waals surface area contributed by atoms with Crippen LogP contribution in [0.4, 0.5) is 0 Å². The summed E-state index contributed by atoms with van der Waals surface area (Å²) in [4.78, 5) is 0. The van der Waals surface area contributed by atoms with Crippen LogP contribution in [0, 0.1) is 0 Å². The van der Waals surface area contributed by atoms with Gasteiger partial charge in [-0.2, -0.15) is 4.53 Å². The summed E-state index contributed by atoms with van der Waals surface area (Å²) in [7, 11) is 0. The van der Waals surface area contributed by atoms with Gasteiger partial charge in [-0.1, -0.05) is 0 Å². The first-order chi connectivity index (χ1) is 2.89. The Labute approximate surface area is 40.3 Å². The molecule has 1 rings (SSSR count). The maximum Gasteiger partial charge on any atom is 0.196 e. The summed E-state index contributed by atoms with van der Waals surface area (Å²) in [6.45, 7) is 0.363. The van der Waals surface area contributed by atoms with Crippen LogP contribution in [-0.2, 0) is 4.74 Å². The zero-order valence-corrected chi connectivity index (χ0v) is 3.72. The Morgan fingerprint density at radius 1 is 2.00 bits per heavy atom. The van der Waals surface area contributed by atoms with Crippen molar-refractivity contribution in [2.75, 3.05) is 6.73 Å². The number of hydrazone groups is 1. The summed E-state index contributed by atoms with van der Waals surface area (Å²) < 4.78 is 5.74. The number of nitrogens with zero attached hydrogens (tertiary/aromatic N) is 2. The predicted molar refractivity (Wildman–Crippen MR) is 22.1 cm³/mol. The van der Waals surface area contributed by atoms with E-state index in [0.717, 1.165) is 0 Å². The van der Waals surface area contributed by atoms with E-state index in [1.807, 2.05) is 0 Å². The van der Waals surface area contributed by atoms with Crippen LogP contribution < -0.4 is 0 Å². The molecule has 3 nitrogen and oxygen atoms in total. The van der Waals surface area contributed by atoms with Gasteiger partial charge in [-0.05, 0) is 0 Å². The van der Waals surface area contributed by atoms with Gasteiger partial charge in [0.15, 0.2) is 13.1 Å². The van der Waals surface area contributed by atoms with E-state index in [-0.39, 0.29) is 0 Å². The predicted octanol–water partition coefficient (Wildman–Crippen LogP) is 0.373. The van der Waals surface area contributed by atoms with Crippen LogP contribution in [0.25, 0.3) is 0 Å². The average molecular weight is 107 g/mol. The molecule has 0 amide bonds. The lowest BCUT2D eigenvalue weighted by molar-refractivity contribution is 0.256. The van der Waals surface area contributed by atoms with E-state index in [0.29, 0.717) is 6.73 Å². The minimum atomic E-state index is 0.363. The molecule has 1 heterocycles. The third-order valence-corrected chi connectivity index (χ3v) is 0.613. The van der Waals surface area contributed by atoms with Crippen molar-refractivity contribution in [2.45, 2.75) is 0 Å². The molecule has 0 aromatic heterocycles. The van der Waals surface area contributed by atoms with Crippen LogP contribution in [0.1, 0.15) is 0 Å². The van der Waals surface area contributed by atoms with Crippen molar-refractivity contribution in [3.8, 4) is 0 Å². The maximum atomic E-state index is 5.22. The Morgan fingerprint density at radius 2 is 2.83 bits per heavy atom. The van der Waals surface area contributed by atoms with Crippen LogP contribution in [-0.4, -0.2) is 17.7 Å². The minimum absolute atomic E-state index is 0.363. The van der Waals surface area contributed by atoms with Gasteiger partial charge >= 0.3 is 0 Å². The molecule has 0 aromatic carbocycles. The molecular weight excluding hydrogens is 103 g/mol. The summed E-state index contributed by atoms with van der Waals surface area (Å²) in [5.41, 5.74) is 0. The Balaban J connectivity index is 2.38. The molecule has 0 unspecified atom stereocenters. The fraction of sp³-hybridized carbons (Fsp3) is 0.500. The first kappa shape index (κ1) is 3.74. The molecule has 0 spiro atoms. The van der Waals surface area contributed by atoms with Crippen LogP contribution >= 0.6 is 11.8 Å². The molecular formula is C2H3ClN2O. The highest BCUT2D eigenvalue weighted by Crippen LogP contribution is 1.97. The maximum absolute atomic E-state index is 5.22. The molecule has 0 atom stereocenters. The Bertz CT molecular complexity index is 73.9. The van der Waals surface area contributed by atoms with Crippen LogP contribution in [0.15, 0.2) is 5.10 Å². The smallest absolute Gasteiger partial charge is 0.196 e. The highest BCUT2D eigenvalue weighted by Gasteiger charge is 1.97. The fourth-order valence-corrected chi connectivity index (χ4v) is 0.305. The van der Waals surface area contributed by atoms with E-state index in [2.05, 4.69) is 9.84 Å². The van der Waals surface area contributed by atoms with Crippen LogP contribution in [0.3, 0.4) is 0 Å². The number of rotatable bonds is 0. The first-order valence-corrected chi connectivity index (χ1v) is 1.81. The monoisotopic (exact) mass is 106 g/mol. The third-order valence-electron chi connectivity index (χ3n) is 0.428. The molecule has 0 aliphatic carbocycles. The summed E-state index contributed by atoms with van der Waals surface area (Å²) >= 11 is 5.22. The van der Waals surface area contributed by atoms with E-state index in [1.54, 1.807) is 0 Å². The van der Waals surface area contributed by atoms with Gasteiger partial charge in [-0.3, -0.25) is 0 Å². The number of hydrogen-bond donors (Lipinski definition) is 0. The van der Waals surface area contributed by atoms with E-state index in [4.69, 9.17) is 11.8 Å². The average Bonchev–Trinajstić information content (AvgIpc) is 1.86. The van der Waals surface area contributed by atoms with E-state index < -0.39 is 0 Å². The van der Waals surface area contributed by atoms with Crippen molar-refractivity contribution in [1.82, 2.24) is 4.53 Å². The largest absolute Gasteiger partial charge is 0.458 e. The molecule has 4 heteroatoms. The highest BCUT2D eigenvalue weighted by atomic mass is 35.5. The van der Waals surface area contributed by atoms with Crippen molar-refractivity contribution in [3.05, 3.63) is 0 Å². The zero-order chi connectivity index (χ0) is 4.41. The van der Waals surface area contributed by atoms with E-state index in [9.17, 15) is 0 Å². The molecule has 0 saturated heterocycles. The molecule has 1 aliphatic heterocycles. The Hall–Kier alpha value is -0.440. The number of halogens is 1. The second-order valence-electron chi connectivity index (χ2n) is 0.853. The quantitative estimate of drug-likeness (QED) is 0.417. The lowest BCUT2D eigenvalue weighted by Crippen LogP contribution is -1.97. The molecule has 34 valence electrons. The zero-order valence-electron chi connectivity index (χ0n) is 2.97. The van der Waals surface area contributed by atoms with Crippen molar-refractivity contribution in [2.24, 2.45) is 5.10 Å². The standard InChI is InChI=1S/C2H3ClN2O/c3-5-2-6-1-4-5/h1H,2H2. The first-order valence-electron chi connectivity index (χ1n) is 1.47. The van der Waals surface area contributed by atoms with Crippen molar-refractivity contribution in [3.63, 3.8) is 0 Å². The third kappa shape index (κ3) is 0.542. The van der Waals surface area contributed by atoms with Crippen LogP contribution in [0.5, 0.6) is 0 Å². The van der Waals surface area contributed by atoms with Crippen molar-refractivity contribution in [1.29, 1.82) is 0 Å². The molecule has 0 saturated carbocycles. The van der Waals surface area contributed by atoms with E-state index >= 15 is 0 Å². The topological polar surface area (TPSA) is 24.8 Å². The normalized spacial score (nSPS) is 18.5. The summed E-state index contributed by atoms with van der Waals surface area (Å²) in [5, 5.41) is 3.49. The van der Waals surface area contributed by atoms with Crippen LogP contribution in [0.2, 0.25) is 0 Å². The lowest BCUT2D eigenvalue weighted by atomic mass is 11.3. The molecule has 0 fully saturated rings. The number of hydrogen-bond acceptors (Lipinski definition) is 3. The second-order valence-corrected chi connectivity index (χ2v) is 1.24. The molecule has 0 N–H and O–H groups in total.